The van der Waals surface area contributed by atoms with E-state index in [2.05, 4.69) is 31.4 Å². The van der Waals surface area contributed by atoms with Gasteiger partial charge in [-0.05, 0) is 29.7 Å². The number of hydrogen-bond acceptors (Lipinski definition) is 3. The smallest absolute Gasteiger partial charge is 0.253 e. The molecule has 1 aliphatic heterocycles. The average molecular weight is 303 g/mol. The normalized spacial score (nSPS) is 15.5. The molecule has 2 amide bonds. The molecule has 0 unspecified atom stereocenters. The summed E-state index contributed by atoms with van der Waals surface area (Å²) in [5, 5.41) is 6.13. The number of carbonyl (C=O) groups excluding carboxylic acids is 2. The lowest BCUT2D eigenvalue weighted by atomic mass is 9.97. The lowest BCUT2D eigenvalue weighted by molar-refractivity contribution is 0.0735. The van der Waals surface area contributed by atoms with E-state index in [1.165, 1.54) is 0 Å². The van der Waals surface area contributed by atoms with Gasteiger partial charge in [0.2, 0.25) is 0 Å². The first-order valence-corrected chi connectivity index (χ1v) is 7.75. The van der Waals surface area contributed by atoms with E-state index >= 15 is 0 Å². The minimum Gasteiger partial charge on any atom is -0.352 e. The molecule has 0 aliphatic carbocycles. The van der Waals surface area contributed by atoms with Crippen LogP contribution < -0.4 is 10.6 Å². The van der Waals surface area contributed by atoms with Crippen molar-refractivity contribution in [3.8, 4) is 0 Å². The first kappa shape index (κ1) is 16.5. The fourth-order valence-corrected chi connectivity index (χ4v) is 2.26. The highest BCUT2D eigenvalue weighted by Gasteiger charge is 2.18. The second-order valence-electron chi connectivity index (χ2n) is 6.86. The first-order chi connectivity index (χ1) is 10.4. The van der Waals surface area contributed by atoms with Gasteiger partial charge < -0.3 is 15.5 Å². The van der Waals surface area contributed by atoms with Gasteiger partial charge in [-0.15, -0.1) is 0 Å². The van der Waals surface area contributed by atoms with Gasteiger partial charge in [0.05, 0.1) is 0 Å². The number of amides is 2. The van der Waals surface area contributed by atoms with Gasteiger partial charge in [-0.2, -0.15) is 0 Å². The number of nitrogens with zero attached hydrogens (tertiary/aromatic N) is 1. The topological polar surface area (TPSA) is 61.4 Å². The molecule has 1 aliphatic rings. The zero-order chi connectivity index (χ0) is 16.2. The zero-order valence-corrected chi connectivity index (χ0v) is 13.6. The number of piperazine rings is 1. The van der Waals surface area contributed by atoms with Gasteiger partial charge in [-0.3, -0.25) is 9.59 Å². The summed E-state index contributed by atoms with van der Waals surface area (Å²) in [6, 6.07) is 6.90. The third kappa shape index (κ3) is 4.56. The maximum absolute atomic E-state index is 12.3. The quantitative estimate of drug-likeness (QED) is 0.890. The van der Waals surface area contributed by atoms with Crippen molar-refractivity contribution in [3.63, 3.8) is 0 Å². The van der Waals surface area contributed by atoms with Crippen LogP contribution >= 0.6 is 0 Å². The predicted octanol–water partition coefficient (Wildman–Crippen LogP) is 1.51. The molecule has 0 spiro atoms. The molecule has 5 heteroatoms. The minimum atomic E-state index is -0.101. The van der Waals surface area contributed by atoms with Crippen LogP contribution in [0.5, 0.6) is 0 Å². The minimum absolute atomic E-state index is 0.0307. The van der Waals surface area contributed by atoms with E-state index in [-0.39, 0.29) is 17.2 Å². The van der Waals surface area contributed by atoms with Crippen LogP contribution in [0, 0.1) is 5.41 Å². The van der Waals surface area contributed by atoms with Crippen LogP contribution in [0.1, 0.15) is 41.5 Å². The van der Waals surface area contributed by atoms with Crippen molar-refractivity contribution in [2.24, 2.45) is 5.41 Å². The largest absolute Gasteiger partial charge is 0.352 e. The third-order valence-corrected chi connectivity index (χ3v) is 3.58. The summed E-state index contributed by atoms with van der Waals surface area (Å²) in [7, 11) is 0. The molecule has 1 saturated heterocycles. The fraction of sp³-hybridized carbons (Fsp3) is 0.529. The Kier molecular flexibility index (Phi) is 5.19. The Balaban J connectivity index is 1.97. The molecule has 1 fully saturated rings. The van der Waals surface area contributed by atoms with E-state index in [9.17, 15) is 9.59 Å². The molecule has 2 rings (SSSR count). The highest BCUT2D eigenvalue weighted by atomic mass is 16.2. The SMILES string of the molecule is CC(C)(C)CNC(=O)c1ccc(C(=O)N2CCNCC2)cc1. The van der Waals surface area contributed by atoms with Crippen molar-refractivity contribution in [2.45, 2.75) is 20.8 Å². The van der Waals surface area contributed by atoms with E-state index in [1.807, 2.05) is 4.90 Å². The monoisotopic (exact) mass is 303 g/mol. The zero-order valence-electron chi connectivity index (χ0n) is 13.6. The second-order valence-corrected chi connectivity index (χ2v) is 6.86. The van der Waals surface area contributed by atoms with E-state index < -0.39 is 0 Å². The Morgan fingerprint density at radius 2 is 1.64 bits per heavy atom. The average Bonchev–Trinajstić information content (AvgIpc) is 2.52. The molecule has 0 atom stereocenters. The van der Waals surface area contributed by atoms with Crippen LogP contribution in [0.2, 0.25) is 0 Å². The summed E-state index contributed by atoms with van der Waals surface area (Å²) in [5.41, 5.74) is 1.27. The summed E-state index contributed by atoms with van der Waals surface area (Å²) in [6.45, 7) is 9.96. The Bertz CT molecular complexity index is 526. The van der Waals surface area contributed by atoms with Crippen molar-refractivity contribution in [1.29, 1.82) is 0 Å². The predicted molar refractivity (Wildman–Crippen MR) is 87.0 cm³/mol. The maximum Gasteiger partial charge on any atom is 0.253 e. The van der Waals surface area contributed by atoms with Gasteiger partial charge in [0.15, 0.2) is 0 Å². The van der Waals surface area contributed by atoms with E-state index in [4.69, 9.17) is 0 Å². The lowest BCUT2D eigenvalue weighted by Crippen LogP contribution is -2.46. The van der Waals surface area contributed by atoms with Gasteiger partial charge >= 0.3 is 0 Å². The molecule has 0 bridgehead atoms. The molecular weight excluding hydrogens is 278 g/mol. The Labute approximate surface area is 132 Å². The van der Waals surface area contributed by atoms with E-state index in [1.54, 1.807) is 24.3 Å². The van der Waals surface area contributed by atoms with Crippen LogP contribution in [-0.4, -0.2) is 49.4 Å². The first-order valence-electron chi connectivity index (χ1n) is 7.75. The Morgan fingerprint density at radius 3 is 2.18 bits per heavy atom. The molecule has 0 saturated carbocycles. The Hall–Kier alpha value is -1.88. The molecule has 1 heterocycles. The number of rotatable bonds is 3. The molecule has 5 nitrogen and oxygen atoms in total. The standard InChI is InChI=1S/C17H25N3O2/c1-17(2,3)12-19-15(21)13-4-6-14(7-5-13)16(22)20-10-8-18-9-11-20/h4-7,18H,8-12H2,1-3H3,(H,19,21). The highest BCUT2D eigenvalue weighted by Crippen LogP contribution is 2.12. The molecular formula is C17H25N3O2. The van der Waals surface area contributed by atoms with Gasteiger partial charge in [-0.25, -0.2) is 0 Å². The number of hydrogen-bond donors (Lipinski definition) is 2. The van der Waals surface area contributed by atoms with Gasteiger partial charge in [0.25, 0.3) is 11.8 Å². The molecule has 0 aromatic heterocycles. The van der Waals surface area contributed by atoms with Gasteiger partial charge in [0.1, 0.15) is 0 Å². The van der Waals surface area contributed by atoms with Crippen LogP contribution in [0.25, 0.3) is 0 Å². The van der Waals surface area contributed by atoms with E-state index in [0.29, 0.717) is 17.7 Å². The van der Waals surface area contributed by atoms with Crippen molar-refractivity contribution >= 4 is 11.8 Å². The summed E-state index contributed by atoms with van der Waals surface area (Å²) in [6.07, 6.45) is 0. The molecule has 1 aromatic rings. The third-order valence-electron chi connectivity index (χ3n) is 3.58. The van der Waals surface area contributed by atoms with Crippen LogP contribution in [0.4, 0.5) is 0 Å². The van der Waals surface area contributed by atoms with Crippen molar-refractivity contribution in [2.75, 3.05) is 32.7 Å². The maximum atomic E-state index is 12.3. The van der Waals surface area contributed by atoms with Crippen molar-refractivity contribution in [1.82, 2.24) is 15.5 Å². The molecule has 22 heavy (non-hydrogen) atoms. The summed E-state index contributed by atoms with van der Waals surface area (Å²) >= 11 is 0. The summed E-state index contributed by atoms with van der Waals surface area (Å²) < 4.78 is 0. The molecule has 1 aromatic carbocycles. The van der Waals surface area contributed by atoms with Gasteiger partial charge in [0, 0.05) is 43.9 Å². The lowest BCUT2D eigenvalue weighted by Gasteiger charge is -2.27. The number of benzene rings is 1. The molecule has 2 N–H and O–H groups in total. The Morgan fingerprint density at radius 1 is 1.09 bits per heavy atom. The van der Waals surface area contributed by atoms with Crippen LogP contribution in [0.3, 0.4) is 0 Å². The van der Waals surface area contributed by atoms with Crippen molar-refractivity contribution < 1.29 is 9.59 Å². The number of carbonyl (C=O) groups is 2. The summed E-state index contributed by atoms with van der Waals surface area (Å²) in [5.74, 6) is -0.0701. The molecule has 120 valence electrons. The van der Waals surface area contributed by atoms with Crippen molar-refractivity contribution in [3.05, 3.63) is 35.4 Å². The molecule has 0 radical (unpaired) electrons. The van der Waals surface area contributed by atoms with Crippen LogP contribution in [0.15, 0.2) is 24.3 Å². The van der Waals surface area contributed by atoms with Crippen LogP contribution in [-0.2, 0) is 0 Å². The second kappa shape index (κ2) is 6.92. The highest BCUT2D eigenvalue weighted by molar-refractivity contribution is 5.97. The van der Waals surface area contributed by atoms with Gasteiger partial charge in [-0.1, -0.05) is 20.8 Å². The summed E-state index contributed by atoms with van der Waals surface area (Å²) in [4.78, 5) is 26.2. The van der Waals surface area contributed by atoms with E-state index in [0.717, 1.165) is 26.2 Å². The number of nitrogens with one attached hydrogen (secondary N) is 2. The fourth-order valence-electron chi connectivity index (χ4n) is 2.26.